The summed E-state index contributed by atoms with van der Waals surface area (Å²) in [6, 6.07) is 11.1. The lowest BCUT2D eigenvalue weighted by Crippen LogP contribution is -2.38. The van der Waals surface area contributed by atoms with Gasteiger partial charge >= 0.3 is 0 Å². The van der Waals surface area contributed by atoms with Gasteiger partial charge in [0.25, 0.3) is 5.91 Å². The Morgan fingerprint density at radius 1 is 1.08 bits per heavy atom. The Morgan fingerprint density at radius 3 is 2.31 bits per heavy atom. The molecule has 2 aromatic rings. The fraction of sp³-hybridized carbons (Fsp3) is 0.333. The average Bonchev–Trinajstić information content (AvgIpc) is 2.58. The molecular formula is C21H26N2O3. The van der Waals surface area contributed by atoms with E-state index in [-0.39, 0.29) is 18.4 Å². The lowest BCUT2D eigenvalue weighted by molar-refractivity contribution is -0.116. The van der Waals surface area contributed by atoms with Crippen LogP contribution in [0.25, 0.3) is 0 Å². The summed E-state index contributed by atoms with van der Waals surface area (Å²) in [6.45, 7) is 8.19. The molecule has 26 heavy (non-hydrogen) atoms. The van der Waals surface area contributed by atoms with E-state index < -0.39 is 0 Å². The van der Waals surface area contributed by atoms with Gasteiger partial charge in [-0.15, -0.1) is 0 Å². The number of hydrogen-bond acceptors (Lipinski definition) is 3. The summed E-state index contributed by atoms with van der Waals surface area (Å²) in [6.07, 6.45) is 0. The van der Waals surface area contributed by atoms with E-state index in [9.17, 15) is 9.59 Å². The predicted octanol–water partition coefficient (Wildman–Crippen LogP) is 3.72. The molecule has 2 rings (SSSR count). The van der Waals surface area contributed by atoms with Crippen molar-refractivity contribution in [1.82, 2.24) is 4.90 Å². The Morgan fingerprint density at radius 2 is 1.73 bits per heavy atom. The Bertz CT molecular complexity index is 792. The fourth-order valence-corrected chi connectivity index (χ4v) is 3.08. The summed E-state index contributed by atoms with van der Waals surface area (Å²) < 4.78 is 5.15. The second-order valence-electron chi connectivity index (χ2n) is 6.37. The zero-order chi connectivity index (χ0) is 19.3. The number of benzene rings is 2. The van der Waals surface area contributed by atoms with Crippen LogP contribution in [0.5, 0.6) is 5.75 Å². The number of rotatable bonds is 6. The van der Waals surface area contributed by atoms with Crippen molar-refractivity contribution in [3.8, 4) is 5.75 Å². The van der Waals surface area contributed by atoms with Gasteiger partial charge in [0.05, 0.1) is 7.11 Å². The summed E-state index contributed by atoms with van der Waals surface area (Å²) in [4.78, 5) is 26.9. The summed E-state index contributed by atoms with van der Waals surface area (Å²) in [5, 5.41) is 2.81. The number of carbonyl (C=O) groups is 2. The maximum Gasteiger partial charge on any atom is 0.254 e. The molecule has 0 spiro atoms. The van der Waals surface area contributed by atoms with Gasteiger partial charge in [-0.1, -0.05) is 23.8 Å². The molecule has 0 saturated carbocycles. The van der Waals surface area contributed by atoms with Crippen molar-refractivity contribution >= 4 is 17.5 Å². The molecule has 0 bridgehead atoms. The number of amides is 2. The third-order valence-electron chi connectivity index (χ3n) is 4.25. The van der Waals surface area contributed by atoms with Crippen LogP contribution >= 0.6 is 0 Å². The van der Waals surface area contributed by atoms with Crippen LogP contribution in [-0.4, -0.2) is 36.9 Å². The minimum atomic E-state index is -0.240. The maximum atomic E-state index is 12.9. The van der Waals surface area contributed by atoms with Crippen LogP contribution in [-0.2, 0) is 4.79 Å². The van der Waals surface area contributed by atoms with Gasteiger partial charge < -0.3 is 15.0 Å². The van der Waals surface area contributed by atoms with Crippen molar-refractivity contribution in [2.75, 3.05) is 25.5 Å². The number of anilines is 1. The topological polar surface area (TPSA) is 58.6 Å². The van der Waals surface area contributed by atoms with Gasteiger partial charge in [-0.25, -0.2) is 0 Å². The third-order valence-corrected chi connectivity index (χ3v) is 4.25. The minimum absolute atomic E-state index is 0.000695. The van der Waals surface area contributed by atoms with Gasteiger partial charge in [0.1, 0.15) is 12.3 Å². The zero-order valence-corrected chi connectivity index (χ0v) is 16.1. The number of carbonyl (C=O) groups excluding carboxylic acids is 2. The van der Waals surface area contributed by atoms with E-state index in [0.29, 0.717) is 23.5 Å². The van der Waals surface area contributed by atoms with Gasteiger partial charge in [-0.3, -0.25) is 9.59 Å². The van der Waals surface area contributed by atoms with Gasteiger partial charge in [0, 0.05) is 23.9 Å². The molecule has 5 heteroatoms. The van der Waals surface area contributed by atoms with Gasteiger partial charge in [0.2, 0.25) is 5.91 Å². The molecule has 0 aliphatic carbocycles. The van der Waals surface area contributed by atoms with Crippen LogP contribution in [0.4, 0.5) is 5.69 Å². The molecular weight excluding hydrogens is 328 g/mol. The molecule has 1 N–H and O–H groups in total. The second-order valence-corrected chi connectivity index (χ2v) is 6.37. The van der Waals surface area contributed by atoms with E-state index in [1.807, 2.05) is 39.8 Å². The predicted molar refractivity (Wildman–Crippen MR) is 104 cm³/mol. The molecule has 0 fully saturated rings. The van der Waals surface area contributed by atoms with Crippen molar-refractivity contribution in [2.45, 2.75) is 27.7 Å². The molecule has 2 amide bonds. The number of methoxy groups -OCH3 is 1. The first-order valence-electron chi connectivity index (χ1n) is 8.66. The summed E-state index contributed by atoms with van der Waals surface area (Å²) in [7, 11) is 1.57. The van der Waals surface area contributed by atoms with Crippen LogP contribution < -0.4 is 10.1 Å². The number of nitrogens with zero attached hydrogens (tertiary/aromatic N) is 1. The highest BCUT2D eigenvalue weighted by Gasteiger charge is 2.21. The van der Waals surface area contributed by atoms with E-state index in [0.717, 1.165) is 16.7 Å². The molecule has 138 valence electrons. The van der Waals surface area contributed by atoms with Crippen molar-refractivity contribution in [2.24, 2.45) is 0 Å². The number of aryl methyl sites for hydroxylation is 3. The summed E-state index contributed by atoms with van der Waals surface area (Å²) in [5.74, 6) is 0.302. The van der Waals surface area contributed by atoms with Crippen LogP contribution in [0.15, 0.2) is 36.4 Å². The van der Waals surface area contributed by atoms with Crippen LogP contribution in [0.1, 0.15) is 34.0 Å². The molecule has 0 atom stereocenters. The van der Waals surface area contributed by atoms with Crippen molar-refractivity contribution in [3.63, 3.8) is 0 Å². The van der Waals surface area contributed by atoms with Crippen molar-refractivity contribution in [1.29, 1.82) is 0 Å². The van der Waals surface area contributed by atoms with Crippen LogP contribution in [0, 0.1) is 20.8 Å². The standard InChI is InChI=1S/C21H26N2O3/c1-6-23(21(25)20-15(3)10-14(2)11-16(20)4)13-19(24)22-17-8-7-9-18(12-17)26-5/h7-12H,6,13H2,1-5H3,(H,22,24). The lowest BCUT2D eigenvalue weighted by atomic mass is 9.98. The zero-order valence-electron chi connectivity index (χ0n) is 16.1. The van der Waals surface area contributed by atoms with Crippen LogP contribution in [0.3, 0.4) is 0 Å². The molecule has 0 unspecified atom stereocenters. The van der Waals surface area contributed by atoms with E-state index in [1.165, 1.54) is 0 Å². The highest BCUT2D eigenvalue weighted by atomic mass is 16.5. The van der Waals surface area contributed by atoms with Crippen LogP contribution in [0.2, 0.25) is 0 Å². The smallest absolute Gasteiger partial charge is 0.254 e. The molecule has 2 aromatic carbocycles. The Hall–Kier alpha value is -2.82. The highest BCUT2D eigenvalue weighted by molar-refractivity contribution is 6.01. The molecule has 0 heterocycles. The summed E-state index contributed by atoms with van der Waals surface area (Å²) in [5.41, 5.74) is 4.29. The summed E-state index contributed by atoms with van der Waals surface area (Å²) >= 11 is 0. The number of likely N-dealkylation sites (N-methyl/N-ethyl adjacent to an activating group) is 1. The van der Waals surface area contributed by atoms with Crippen molar-refractivity contribution in [3.05, 3.63) is 58.7 Å². The first-order chi connectivity index (χ1) is 12.3. The Balaban J connectivity index is 2.13. The normalized spacial score (nSPS) is 10.3. The average molecular weight is 354 g/mol. The van der Waals surface area contributed by atoms with Gasteiger partial charge in [-0.2, -0.15) is 0 Å². The van der Waals surface area contributed by atoms with Gasteiger partial charge in [-0.05, 0) is 51.0 Å². The lowest BCUT2D eigenvalue weighted by Gasteiger charge is -2.23. The third kappa shape index (κ3) is 4.63. The Labute approximate surface area is 155 Å². The quantitative estimate of drug-likeness (QED) is 0.860. The van der Waals surface area contributed by atoms with Crippen molar-refractivity contribution < 1.29 is 14.3 Å². The molecule has 0 aromatic heterocycles. The van der Waals surface area contributed by atoms with E-state index in [4.69, 9.17) is 4.74 Å². The first kappa shape index (κ1) is 19.5. The minimum Gasteiger partial charge on any atom is -0.497 e. The molecule has 0 aliphatic heterocycles. The number of nitrogens with one attached hydrogen (secondary N) is 1. The van der Waals surface area contributed by atoms with E-state index in [1.54, 1.807) is 36.3 Å². The molecule has 0 radical (unpaired) electrons. The second kappa shape index (κ2) is 8.52. The first-order valence-corrected chi connectivity index (χ1v) is 8.66. The SMILES string of the molecule is CCN(CC(=O)Nc1cccc(OC)c1)C(=O)c1c(C)cc(C)cc1C. The highest BCUT2D eigenvalue weighted by Crippen LogP contribution is 2.19. The molecule has 0 aliphatic rings. The van der Waals surface area contributed by atoms with Gasteiger partial charge in [0.15, 0.2) is 0 Å². The Kier molecular flexibility index (Phi) is 6.39. The maximum absolute atomic E-state index is 12.9. The number of hydrogen-bond donors (Lipinski definition) is 1. The molecule has 0 saturated heterocycles. The van der Waals surface area contributed by atoms with E-state index in [2.05, 4.69) is 5.32 Å². The fourth-order valence-electron chi connectivity index (χ4n) is 3.08. The van der Waals surface area contributed by atoms with E-state index >= 15 is 0 Å². The molecule has 5 nitrogen and oxygen atoms in total. The monoisotopic (exact) mass is 354 g/mol. The number of ether oxygens (including phenoxy) is 1. The largest absolute Gasteiger partial charge is 0.497 e.